The van der Waals surface area contributed by atoms with Crippen LogP contribution in [0.15, 0.2) is 54.6 Å². The largest absolute Gasteiger partial charge is 0.392 e. The highest BCUT2D eigenvalue weighted by Gasteiger charge is 2.24. The lowest BCUT2D eigenvalue weighted by molar-refractivity contribution is -0.161. The van der Waals surface area contributed by atoms with Crippen LogP contribution < -0.4 is 11.5 Å². The predicted octanol–water partition coefficient (Wildman–Crippen LogP) is 2.55. The molecule has 0 bridgehead atoms. The summed E-state index contributed by atoms with van der Waals surface area (Å²) < 4.78 is 4.93. The van der Waals surface area contributed by atoms with Gasteiger partial charge in [-0.15, -0.1) is 0 Å². The highest BCUT2D eigenvalue weighted by molar-refractivity contribution is 6.09. The number of ketones is 1. The van der Waals surface area contributed by atoms with Gasteiger partial charge in [0.25, 0.3) is 0 Å². The molecule has 2 aromatic carbocycles. The molecule has 0 saturated carbocycles. The number of esters is 2. The van der Waals surface area contributed by atoms with Crippen molar-refractivity contribution in [1.82, 2.24) is 0 Å². The van der Waals surface area contributed by atoms with E-state index in [2.05, 4.69) is 0 Å². The van der Waals surface area contributed by atoms with Gasteiger partial charge < -0.3 is 16.2 Å². The SMILES string of the molecule is C[C@H](C(=O)OC(=O)[C@@H](N)CCCCN)c1cccc(C(=O)c2ccccc2)c1. The lowest BCUT2D eigenvalue weighted by Crippen LogP contribution is -2.34. The third-order valence-electron chi connectivity index (χ3n) is 4.51. The van der Waals surface area contributed by atoms with Gasteiger partial charge in [-0.2, -0.15) is 0 Å². The lowest BCUT2D eigenvalue weighted by atomic mass is 9.96. The molecule has 0 spiro atoms. The molecule has 0 heterocycles. The van der Waals surface area contributed by atoms with Gasteiger partial charge in [-0.3, -0.25) is 9.59 Å². The summed E-state index contributed by atoms with van der Waals surface area (Å²) in [5.41, 5.74) is 12.8. The van der Waals surface area contributed by atoms with E-state index in [9.17, 15) is 14.4 Å². The van der Waals surface area contributed by atoms with E-state index in [0.717, 1.165) is 6.42 Å². The van der Waals surface area contributed by atoms with E-state index in [4.69, 9.17) is 16.2 Å². The average Bonchev–Trinajstić information content (AvgIpc) is 2.73. The van der Waals surface area contributed by atoms with E-state index in [0.29, 0.717) is 36.1 Å². The molecule has 0 unspecified atom stereocenters. The Balaban J connectivity index is 2.03. The van der Waals surface area contributed by atoms with Crippen molar-refractivity contribution in [3.63, 3.8) is 0 Å². The quantitative estimate of drug-likeness (QED) is 0.298. The summed E-state index contributed by atoms with van der Waals surface area (Å²) in [5.74, 6) is -2.28. The molecule has 2 atom stereocenters. The van der Waals surface area contributed by atoms with E-state index in [1.54, 1.807) is 55.5 Å². The zero-order valence-electron chi connectivity index (χ0n) is 16.0. The number of carbonyl (C=O) groups is 3. The highest BCUT2D eigenvalue weighted by Crippen LogP contribution is 2.20. The molecule has 6 nitrogen and oxygen atoms in total. The number of hydrogen-bond acceptors (Lipinski definition) is 6. The molecule has 0 radical (unpaired) electrons. The van der Waals surface area contributed by atoms with E-state index < -0.39 is 23.9 Å². The standard InChI is InChI=1S/C22H26N2O4/c1-15(21(26)28-22(27)19(24)12-5-6-13-23)17-10-7-11-18(14-17)20(25)16-8-3-2-4-9-16/h2-4,7-11,14-15,19H,5-6,12-13,23-24H2,1H3/t15-,19-/m0/s1. The van der Waals surface area contributed by atoms with Gasteiger partial charge in [0.1, 0.15) is 6.04 Å². The van der Waals surface area contributed by atoms with Crippen LogP contribution in [0.4, 0.5) is 0 Å². The Morgan fingerprint density at radius 3 is 2.29 bits per heavy atom. The number of benzene rings is 2. The molecule has 28 heavy (non-hydrogen) atoms. The predicted molar refractivity (Wildman–Crippen MR) is 107 cm³/mol. The molecule has 4 N–H and O–H groups in total. The fraction of sp³-hybridized carbons (Fsp3) is 0.318. The van der Waals surface area contributed by atoms with Crippen molar-refractivity contribution in [3.05, 3.63) is 71.3 Å². The number of ether oxygens (including phenoxy) is 1. The Morgan fingerprint density at radius 1 is 0.929 bits per heavy atom. The van der Waals surface area contributed by atoms with Gasteiger partial charge in [-0.1, -0.05) is 55.0 Å². The number of hydrogen-bond donors (Lipinski definition) is 2. The minimum atomic E-state index is -0.853. The Hall–Kier alpha value is -2.83. The minimum Gasteiger partial charge on any atom is -0.392 e. The van der Waals surface area contributed by atoms with Crippen molar-refractivity contribution in [3.8, 4) is 0 Å². The van der Waals surface area contributed by atoms with Crippen molar-refractivity contribution in [2.45, 2.75) is 38.1 Å². The van der Waals surface area contributed by atoms with Crippen molar-refractivity contribution < 1.29 is 19.1 Å². The van der Waals surface area contributed by atoms with E-state index >= 15 is 0 Å². The van der Waals surface area contributed by atoms with E-state index in [1.165, 1.54) is 0 Å². The third kappa shape index (κ3) is 5.84. The van der Waals surface area contributed by atoms with Crippen LogP contribution >= 0.6 is 0 Å². The zero-order chi connectivity index (χ0) is 20.5. The zero-order valence-corrected chi connectivity index (χ0v) is 16.0. The van der Waals surface area contributed by atoms with E-state index in [1.807, 2.05) is 6.07 Å². The van der Waals surface area contributed by atoms with Crippen LogP contribution in [0.3, 0.4) is 0 Å². The Labute approximate surface area is 164 Å². The molecule has 148 valence electrons. The Bertz CT molecular complexity index is 820. The van der Waals surface area contributed by atoms with Crippen LogP contribution in [0, 0.1) is 0 Å². The lowest BCUT2D eigenvalue weighted by Gasteiger charge is -2.14. The summed E-state index contributed by atoms with van der Waals surface area (Å²) in [5, 5.41) is 0. The van der Waals surface area contributed by atoms with Crippen LogP contribution in [0.2, 0.25) is 0 Å². The molecule has 0 fully saturated rings. The molecule has 0 aliphatic carbocycles. The van der Waals surface area contributed by atoms with Crippen molar-refractivity contribution in [1.29, 1.82) is 0 Å². The molecular formula is C22H26N2O4. The first kappa shape index (κ1) is 21.5. The smallest absolute Gasteiger partial charge is 0.330 e. The first-order chi connectivity index (χ1) is 13.4. The van der Waals surface area contributed by atoms with Crippen LogP contribution in [0.25, 0.3) is 0 Å². The van der Waals surface area contributed by atoms with Gasteiger partial charge in [-0.05, 0) is 37.9 Å². The van der Waals surface area contributed by atoms with Gasteiger partial charge in [0.05, 0.1) is 5.92 Å². The fourth-order valence-corrected chi connectivity index (χ4v) is 2.73. The van der Waals surface area contributed by atoms with Crippen LogP contribution in [-0.2, 0) is 14.3 Å². The fourth-order valence-electron chi connectivity index (χ4n) is 2.73. The summed E-state index contributed by atoms with van der Waals surface area (Å²) in [6.45, 7) is 2.15. The van der Waals surface area contributed by atoms with Crippen LogP contribution in [0.1, 0.15) is 53.6 Å². The summed E-state index contributed by atoms with van der Waals surface area (Å²) in [7, 11) is 0. The maximum atomic E-state index is 12.6. The molecule has 0 aliphatic rings. The maximum Gasteiger partial charge on any atom is 0.330 e. The summed E-state index contributed by atoms with van der Waals surface area (Å²) in [6.07, 6.45) is 1.87. The van der Waals surface area contributed by atoms with Gasteiger partial charge >= 0.3 is 11.9 Å². The second-order valence-electron chi connectivity index (χ2n) is 6.67. The first-order valence-electron chi connectivity index (χ1n) is 9.35. The summed E-state index contributed by atoms with van der Waals surface area (Å²) >= 11 is 0. The van der Waals surface area contributed by atoms with Crippen molar-refractivity contribution in [2.75, 3.05) is 6.54 Å². The van der Waals surface area contributed by atoms with Gasteiger partial charge in [-0.25, -0.2) is 4.79 Å². The summed E-state index contributed by atoms with van der Waals surface area (Å²) in [6, 6.07) is 14.8. The van der Waals surface area contributed by atoms with Gasteiger partial charge in [0.15, 0.2) is 5.78 Å². The van der Waals surface area contributed by atoms with Crippen molar-refractivity contribution in [2.24, 2.45) is 11.5 Å². The molecule has 2 rings (SSSR count). The number of nitrogens with two attached hydrogens (primary N) is 2. The highest BCUT2D eigenvalue weighted by atomic mass is 16.6. The monoisotopic (exact) mass is 382 g/mol. The summed E-state index contributed by atoms with van der Waals surface area (Å²) in [4.78, 5) is 36.9. The van der Waals surface area contributed by atoms with Crippen molar-refractivity contribution >= 4 is 17.7 Å². The maximum absolute atomic E-state index is 12.6. The number of carbonyl (C=O) groups excluding carboxylic acids is 3. The molecular weight excluding hydrogens is 356 g/mol. The average molecular weight is 382 g/mol. The normalized spacial score (nSPS) is 12.8. The minimum absolute atomic E-state index is 0.138. The van der Waals surface area contributed by atoms with E-state index in [-0.39, 0.29) is 5.78 Å². The van der Waals surface area contributed by atoms with Gasteiger partial charge in [0.2, 0.25) is 0 Å². The van der Waals surface area contributed by atoms with Crippen LogP contribution in [0.5, 0.6) is 0 Å². The third-order valence-corrected chi connectivity index (χ3v) is 4.51. The molecule has 0 aliphatic heterocycles. The number of unbranched alkanes of at least 4 members (excludes halogenated alkanes) is 1. The molecule has 0 saturated heterocycles. The Kier molecular flexibility index (Phi) is 8.04. The van der Waals surface area contributed by atoms with Crippen LogP contribution in [-0.4, -0.2) is 30.3 Å². The Morgan fingerprint density at radius 2 is 1.61 bits per heavy atom. The topological polar surface area (TPSA) is 112 Å². The molecule has 0 aromatic heterocycles. The first-order valence-corrected chi connectivity index (χ1v) is 9.35. The number of rotatable bonds is 9. The molecule has 6 heteroatoms. The second kappa shape index (κ2) is 10.5. The second-order valence-corrected chi connectivity index (χ2v) is 6.67. The molecule has 0 amide bonds. The van der Waals surface area contributed by atoms with Gasteiger partial charge in [0, 0.05) is 11.1 Å². The molecule has 2 aromatic rings.